The van der Waals surface area contributed by atoms with Gasteiger partial charge in [-0.15, -0.1) is 0 Å². The summed E-state index contributed by atoms with van der Waals surface area (Å²) in [4.78, 5) is 12.7. The zero-order chi connectivity index (χ0) is 18.1. The number of nitrogens with zero attached hydrogens (tertiary/aromatic N) is 2. The van der Waals surface area contributed by atoms with Gasteiger partial charge >= 0.3 is 0 Å². The highest BCUT2D eigenvalue weighted by Crippen LogP contribution is 2.28. The van der Waals surface area contributed by atoms with E-state index in [2.05, 4.69) is 5.10 Å². The van der Waals surface area contributed by atoms with Crippen molar-refractivity contribution >= 4 is 35.0 Å². The molecule has 0 radical (unpaired) electrons. The first-order chi connectivity index (χ1) is 12.6. The molecule has 1 aliphatic rings. The van der Waals surface area contributed by atoms with E-state index in [1.54, 1.807) is 6.08 Å². The van der Waals surface area contributed by atoms with Crippen molar-refractivity contribution in [3.63, 3.8) is 0 Å². The van der Waals surface area contributed by atoms with E-state index in [-0.39, 0.29) is 5.91 Å². The van der Waals surface area contributed by atoms with Crippen LogP contribution in [-0.2, 0) is 4.79 Å². The Hall–Kier alpha value is -3.11. The fraction of sp³-hybridized carbons (Fsp3) is 0.0476. The smallest absolute Gasteiger partial charge is 0.280 e. The van der Waals surface area contributed by atoms with E-state index in [9.17, 15) is 4.79 Å². The lowest BCUT2D eigenvalue weighted by atomic mass is 10.1. The highest BCUT2D eigenvalue weighted by molar-refractivity contribution is 6.32. The van der Waals surface area contributed by atoms with E-state index >= 15 is 0 Å². The van der Waals surface area contributed by atoms with Crippen LogP contribution in [0.5, 0.6) is 0 Å². The van der Waals surface area contributed by atoms with Crippen molar-refractivity contribution in [3.8, 4) is 11.3 Å². The number of hydrogen-bond acceptors (Lipinski definition) is 3. The molecule has 128 valence electrons. The van der Waals surface area contributed by atoms with Crippen LogP contribution in [0.1, 0.15) is 12.7 Å². The van der Waals surface area contributed by atoms with Gasteiger partial charge in [-0.3, -0.25) is 4.79 Å². The minimum atomic E-state index is -0.172. The van der Waals surface area contributed by atoms with Crippen LogP contribution in [0.25, 0.3) is 17.4 Å². The van der Waals surface area contributed by atoms with Crippen LogP contribution >= 0.6 is 11.6 Å². The molecule has 26 heavy (non-hydrogen) atoms. The number of amides is 1. The van der Waals surface area contributed by atoms with Gasteiger partial charge in [-0.05, 0) is 49.4 Å². The van der Waals surface area contributed by atoms with Crippen molar-refractivity contribution in [1.29, 1.82) is 0 Å². The number of hydrogen-bond donors (Lipinski definition) is 0. The Kier molecular flexibility index (Phi) is 4.19. The zero-order valence-corrected chi connectivity index (χ0v) is 14.8. The van der Waals surface area contributed by atoms with Gasteiger partial charge in [0.15, 0.2) is 0 Å². The van der Waals surface area contributed by atoms with Crippen molar-refractivity contribution in [1.82, 2.24) is 0 Å². The molecule has 0 N–H and O–H groups in total. The minimum Gasteiger partial charge on any atom is -0.457 e. The second-order valence-electron chi connectivity index (χ2n) is 5.91. The average Bonchev–Trinajstić information content (AvgIpc) is 3.23. The predicted molar refractivity (Wildman–Crippen MR) is 104 cm³/mol. The van der Waals surface area contributed by atoms with Crippen LogP contribution < -0.4 is 5.01 Å². The number of halogens is 1. The molecule has 0 saturated heterocycles. The van der Waals surface area contributed by atoms with Crippen LogP contribution in [-0.4, -0.2) is 11.6 Å². The highest BCUT2D eigenvalue weighted by Gasteiger charge is 2.28. The van der Waals surface area contributed by atoms with Gasteiger partial charge < -0.3 is 4.42 Å². The molecular weight excluding hydrogens is 348 g/mol. The number of rotatable bonds is 3. The fourth-order valence-corrected chi connectivity index (χ4v) is 2.99. The van der Waals surface area contributed by atoms with E-state index in [1.807, 2.05) is 73.7 Å². The van der Waals surface area contributed by atoms with Gasteiger partial charge in [-0.25, -0.2) is 0 Å². The summed E-state index contributed by atoms with van der Waals surface area (Å²) in [5, 5.41) is 6.42. The SMILES string of the molecule is CC1=NN(c2ccccc2)C(=O)/C1=C\c1ccc(-c2cccc(Cl)c2)o1. The highest BCUT2D eigenvalue weighted by atomic mass is 35.5. The van der Waals surface area contributed by atoms with Crippen molar-refractivity contribution < 1.29 is 9.21 Å². The number of benzene rings is 2. The van der Waals surface area contributed by atoms with Gasteiger partial charge in [0.05, 0.1) is 17.0 Å². The topological polar surface area (TPSA) is 45.8 Å². The average molecular weight is 363 g/mol. The summed E-state index contributed by atoms with van der Waals surface area (Å²) in [5.74, 6) is 1.11. The Morgan fingerprint density at radius 3 is 2.62 bits per heavy atom. The first-order valence-electron chi connectivity index (χ1n) is 8.14. The predicted octanol–water partition coefficient (Wildman–Crippen LogP) is 5.41. The molecule has 1 amide bonds. The molecule has 0 aliphatic carbocycles. The number of anilines is 1. The number of furan rings is 1. The molecule has 0 spiro atoms. The van der Waals surface area contributed by atoms with Crippen LogP contribution in [0.4, 0.5) is 5.69 Å². The molecule has 3 aromatic rings. The van der Waals surface area contributed by atoms with Crippen molar-refractivity contribution in [2.75, 3.05) is 5.01 Å². The molecule has 4 nitrogen and oxygen atoms in total. The van der Waals surface area contributed by atoms with Gasteiger partial charge in [0.2, 0.25) is 0 Å². The van der Waals surface area contributed by atoms with E-state index in [4.69, 9.17) is 16.0 Å². The summed E-state index contributed by atoms with van der Waals surface area (Å²) in [6.07, 6.45) is 1.72. The Balaban J connectivity index is 1.63. The van der Waals surface area contributed by atoms with Crippen LogP contribution in [0.15, 0.2) is 81.8 Å². The molecule has 2 heterocycles. The zero-order valence-electron chi connectivity index (χ0n) is 14.0. The van der Waals surface area contributed by atoms with E-state index in [0.29, 0.717) is 27.8 Å². The molecular formula is C21H15ClN2O2. The molecule has 2 aromatic carbocycles. The lowest BCUT2D eigenvalue weighted by molar-refractivity contribution is -0.114. The second kappa shape index (κ2) is 6.65. The van der Waals surface area contributed by atoms with Gasteiger partial charge in [-0.1, -0.05) is 41.9 Å². The number of carbonyl (C=O) groups is 1. The van der Waals surface area contributed by atoms with Crippen molar-refractivity contribution in [2.45, 2.75) is 6.92 Å². The molecule has 0 bridgehead atoms. The van der Waals surface area contributed by atoms with Crippen molar-refractivity contribution in [3.05, 3.63) is 83.1 Å². The first kappa shape index (κ1) is 16.4. The molecule has 0 atom stereocenters. The van der Waals surface area contributed by atoms with Gasteiger partial charge in [-0.2, -0.15) is 10.1 Å². The largest absolute Gasteiger partial charge is 0.457 e. The van der Waals surface area contributed by atoms with E-state index in [1.165, 1.54) is 5.01 Å². The van der Waals surface area contributed by atoms with Crippen molar-refractivity contribution in [2.24, 2.45) is 5.10 Å². The summed E-state index contributed by atoms with van der Waals surface area (Å²) in [6, 6.07) is 20.5. The monoisotopic (exact) mass is 362 g/mol. The van der Waals surface area contributed by atoms with Crippen LogP contribution in [0, 0.1) is 0 Å². The van der Waals surface area contributed by atoms with Gasteiger partial charge in [0, 0.05) is 10.6 Å². The second-order valence-corrected chi connectivity index (χ2v) is 6.34. The summed E-state index contributed by atoms with van der Waals surface area (Å²) >= 11 is 6.03. The maximum absolute atomic E-state index is 12.7. The lowest BCUT2D eigenvalue weighted by Crippen LogP contribution is -2.21. The summed E-state index contributed by atoms with van der Waals surface area (Å²) in [5.41, 5.74) is 2.79. The molecule has 0 fully saturated rings. The molecule has 0 unspecified atom stereocenters. The minimum absolute atomic E-state index is 0.172. The maximum atomic E-state index is 12.7. The summed E-state index contributed by atoms with van der Waals surface area (Å²) in [6.45, 7) is 1.81. The quantitative estimate of drug-likeness (QED) is 0.585. The van der Waals surface area contributed by atoms with Crippen LogP contribution in [0.2, 0.25) is 5.02 Å². The van der Waals surface area contributed by atoms with Gasteiger partial charge in [0.1, 0.15) is 11.5 Å². The number of hydrazone groups is 1. The summed E-state index contributed by atoms with van der Waals surface area (Å²) < 4.78 is 5.86. The van der Waals surface area contributed by atoms with Gasteiger partial charge in [0.25, 0.3) is 5.91 Å². The summed E-state index contributed by atoms with van der Waals surface area (Å²) in [7, 11) is 0. The number of para-hydroxylation sites is 1. The Labute approximate surface area is 156 Å². The third-order valence-electron chi connectivity index (χ3n) is 4.09. The first-order valence-corrected chi connectivity index (χ1v) is 8.52. The molecule has 4 rings (SSSR count). The fourth-order valence-electron chi connectivity index (χ4n) is 2.80. The molecule has 1 aliphatic heterocycles. The lowest BCUT2D eigenvalue weighted by Gasteiger charge is -2.10. The number of carbonyl (C=O) groups excluding carboxylic acids is 1. The Morgan fingerprint density at radius 1 is 1.04 bits per heavy atom. The standard InChI is InChI=1S/C21H15ClN2O2/c1-14-19(21(25)24(23-14)17-8-3-2-4-9-17)13-18-10-11-20(26-18)15-6-5-7-16(22)12-15/h2-13H,1H3/b19-13-. The third kappa shape index (κ3) is 3.07. The van der Waals surface area contributed by atoms with E-state index < -0.39 is 0 Å². The molecule has 5 heteroatoms. The van der Waals surface area contributed by atoms with Crippen LogP contribution in [0.3, 0.4) is 0 Å². The van der Waals surface area contributed by atoms with E-state index in [0.717, 1.165) is 11.3 Å². The maximum Gasteiger partial charge on any atom is 0.280 e. The third-order valence-corrected chi connectivity index (χ3v) is 4.32. The Bertz CT molecular complexity index is 1030. The molecule has 1 aromatic heterocycles. The Morgan fingerprint density at radius 2 is 1.85 bits per heavy atom. The molecule has 0 saturated carbocycles. The normalized spacial score (nSPS) is 15.6.